The van der Waals surface area contributed by atoms with Gasteiger partial charge in [-0.25, -0.2) is 4.79 Å². The molecule has 2 aromatic carbocycles. The van der Waals surface area contributed by atoms with Gasteiger partial charge in [0.25, 0.3) is 5.91 Å². The van der Waals surface area contributed by atoms with Crippen LogP contribution in [-0.2, 0) is 11.3 Å². The van der Waals surface area contributed by atoms with E-state index in [0.29, 0.717) is 17.8 Å². The van der Waals surface area contributed by atoms with Crippen LogP contribution in [0.1, 0.15) is 55.2 Å². The lowest BCUT2D eigenvalue weighted by Crippen LogP contribution is -2.27. The molecule has 6 heteroatoms. The molecule has 6 nitrogen and oxygen atoms in total. The Hall–Kier alpha value is -3.02. The number of amides is 2. The van der Waals surface area contributed by atoms with E-state index in [1.54, 1.807) is 19.2 Å². The van der Waals surface area contributed by atoms with E-state index in [2.05, 4.69) is 5.32 Å². The number of methoxy groups -OCH3 is 1. The summed E-state index contributed by atoms with van der Waals surface area (Å²) in [5, 5.41) is 2.74. The Balaban J connectivity index is 1.75. The predicted molar refractivity (Wildman–Crippen MR) is 108 cm³/mol. The van der Waals surface area contributed by atoms with Gasteiger partial charge in [0, 0.05) is 17.8 Å². The number of ether oxygens (including phenoxy) is 2. The van der Waals surface area contributed by atoms with Crippen LogP contribution in [-0.4, -0.2) is 29.6 Å². The van der Waals surface area contributed by atoms with Crippen molar-refractivity contribution in [3.05, 3.63) is 59.2 Å². The van der Waals surface area contributed by atoms with Crippen LogP contribution in [0.2, 0.25) is 0 Å². The van der Waals surface area contributed by atoms with Crippen molar-refractivity contribution in [2.24, 2.45) is 0 Å². The number of hydrogen-bond donors (Lipinski definition) is 1. The molecule has 3 rings (SSSR count). The molecular formula is C22H26N2O4. The summed E-state index contributed by atoms with van der Waals surface area (Å²) in [5.74, 6) is 0.771. The van der Waals surface area contributed by atoms with Gasteiger partial charge < -0.3 is 14.4 Å². The first-order valence-corrected chi connectivity index (χ1v) is 9.26. The normalized spacial score (nSPS) is 16.0. The minimum atomic E-state index is -0.570. The van der Waals surface area contributed by atoms with E-state index >= 15 is 0 Å². The molecule has 1 heterocycles. The lowest BCUT2D eigenvalue weighted by molar-refractivity contribution is 0.0635. The molecule has 0 spiro atoms. The van der Waals surface area contributed by atoms with Gasteiger partial charge in [-0.2, -0.15) is 0 Å². The second-order valence-electron chi connectivity index (χ2n) is 7.89. The van der Waals surface area contributed by atoms with E-state index < -0.39 is 11.7 Å². The Morgan fingerprint density at radius 3 is 2.43 bits per heavy atom. The van der Waals surface area contributed by atoms with E-state index in [4.69, 9.17) is 9.47 Å². The number of fused-ring (bicyclic) bond motifs is 1. The second kappa shape index (κ2) is 7.54. The van der Waals surface area contributed by atoms with Crippen molar-refractivity contribution in [2.45, 2.75) is 45.9 Å². The lowest BCUT2D eigenvalue weighted by atomic mass is 10.0. The number of nitrogens with one attached hydrogen (secondary N) is 1. The van der Waals surface area contributed by atoms with Crippen molar-refractivity contribution in [3.63, 3.8) is 0 Å². The monoisotopic (exact) mass is 382 g/mol. The van der Waals surface area contributed by atoms with E-state index in [1.165, 1.54) is 0 Å². The van der Waals surface area contributed by atoms with Crippen LogP contribution in [0, 0.1) is 0 Å². The molecule has 1 unspecified atom stereocenters. The molecule has 0 saturated heterocycles. The highest BCUT2D eigenvalue weighted by molar-refractivity contribution is 6.00. The molecule has 1 atom stereocenters. The zero-order valence-electron chi connectivity index (χ0n) is 16.9. The van der Waals surface area contributed by atoms with Gasteiger partial charge in [-0.05, 0) is 69.2 Å². The topological polar surface area (TPSA) is 67.9 Å². The first-order valence-electron chi connectivity index (χ1n) is 9.26. The highest BCUT2D eigenvalue weighted by atomic mass is 16.6. The molecule has 1 N–H and O–H groups in total. The van der Waals surface area contributed by atoms with E-state index in [-0.39, 0.29) is 11.9 Å². The van der Waals surface area contributed by atoms with Gasteiger partial charge in [0.05, 0.1) is 13.2 Å². The fraction of sp³-hybridized carbons (Fsp3) is 0.364. The fourth-order valence-electron chi connectivity index (χ4n) is 3.24. The molecule has 28 heavy (non-hydrogen) atoms. The van der Waals surface area contributed by atoms with E-state index in [1.807, 2.05) is 62.9 Å². The van der Waals surface area contributed by atoms with Crippen LogP contribution in [0.3, 0.4) is 0 Å². The quantitative estimate of drug-likeness (QED) is 0.828. The average molecular weight is 382 g/mol. The van der Waals surface area contributed by atoms with Crippen LogP contribution in [0.15, 0.2) is 42.5 Å². The van der Waals surface area contributed by atoms with Crippen molar-refractivity contribution in [1.82, 2.24) is 4.90 Å². The number of rotatable bonds is 4. The molecule has 0 saturated carbocycles. The van der Waals surface area contributed by atoms with Crippen LogP contribution in [0.4, 0.5) is 10.5 Å². The molecule has 2 aromatic rings. The first kappa shape index (κ1) is 19.7. The third-order valence-electron chi connectivity index (χ3n) is 4.62. The fourth-order valence-corrected chi connectivity index (χ4v) is 3.24. The van der Waals surface area contributed by atoms with Crippen molar-refractivity contribution in [3.8, 4) is 5.75 Å². The van der Waals surface area contributed by atoms with Gasteiger partial charge in [0.15, 0.2) is 0 Å². The standard InChI is InChI=1S/C22H26N2O4/c1-14-19-12-16(23-21(26)28-22(2,3)4)8-11-18(19)20(25)24(14)13-15-6-9-17(27-5)10-7-15/h6-12,14H,13H2,1-5H3,(H,23,26). The summed E-state index contributed by atoms with van der Waals surface area (Å²) >= 11 is 0. The van der Waals surface area contributed by atoms with Crippen LogP contribution in [0.25, 0.3) is 0 Å². The van der Waals surface area contributed by atoms with E-state index in [9.17, 15) is 9.59 Å². The van der Waals surface area contributed by atoms with Crippen molar-refractivity contribution < 1.29 is 19.1 Å². The first-order chi connectivity index (χ1) is 13.2. The maximum absolute atomic E-state index is 12.8. The van der Waals surface area contributed by atoms with Gasteiger partial charge in [-0.1, -0.05) is 12.1 Å². The highest BCUT2D eigenvalue weighted by Crippen LogP contribution is 2.36. The minimum Gasteiger partial charge on any atom is -0.497 e. The lowest BCUT2D eigenvalue weighted by Gasteiger charge is -2.22. The number of carbonyl (C=O) groups is 2. The molecule has 0 fully saturated rings. The summed E-state index contributed by atoms with van der Waals surface area (Å²) in [5.41, 5.74) is 2.63. The minimum absolute atomic E-state index is 0.0119. The molecule has 0 radical (unpaired) electrons. The van der Waals surface area contributed by atoms with Crippen LogP contribution < -0.4 is 10.1 Å². The summed E-state index contributed by atoms with van der Waals surface area (Å²) in [6.45, 7) is 7.94. The van der Waals surface area contributed by atoms with E-state index in [0.717, 1.165) is 16.9 Å². The van der Waals surface area contributed by atoms with Crippen LogP contribution in [0.5, 0.6) is 5.75 Å². The van der Waals surface area contributed by atoms with Gasteiger partial charge in [-0.3, -0.25) is 10.1 Å². The van der Waals surface area contributed by atoms with Gasteiger partial charge >= 0.3 is 6.09 Å². The molecule has 2 amide bonds. The molecule has 0 bridgehead atoms. The maximum Gasteiger partial charge on any atom is 0.412 e. The molecule has 1 aliphatic rings. The third kappa shape index (κ3) is 4.27. The predicted octanol–water partition coefficient (Wildman–Crippen LogP) is 4.76. The Morgan fingerprint density at radius 1 is 1.14 bits per heavy atom. The van der Waals surface area contributed by atoms with Crippen molar-refractivity contribution in [1.29, 1.82) is 0 Å². The highest BCUT2D eigenvalue weighted by Gasteiger charge is 2.34. The Bertz CT molecular complexity index is 884. The Morgan fingerprint density at radius 2 is 1.82 bits per heavy atom. The van der Waals surface area contributed by atoms with Crippen molar-refractivity contribution in [2.75, 3.05) is 12.4 Å². The zero-order valence-corrected chi connectivity index (χ0v) is 16.9. The maximum atomic E-state index is 12.8. The molecule has 148 valence electrons. The smallest absolute Gasteiger partial charge is 0.412 e. The number of nitrogens with zero attached hydrogens (tertiary/aromatic N) is 1. The molecule has 0 aromatic heterocycles. The summed E-state index contributed by atoms with van der Waals surface area (Å²) in [4.78, 5) is 26.7. The number of anilines is 1. The van der Waals surface area contributed by atoms with Crippen molar-refractivity contribution >= 4 is 17.7 Å². The summed E-state index contributed by atoms with van der Waals surface area (Å²) in [6, 6.07) is 12.9. The molecule has 1 aliphatic heterocycles. The SMILES string of the molecule is COc1ccc(CN2C(=O)c3ccc(NC(=O)OC(C)(C)C)cc3C2C)cc1. The number of hydrogen-bond acceptors (Lipinski definition) is 4. The summed E-state index contributed by atoms with van der Waals surface area (Å²) < 4.78 is 10.5. The largest absolute Gasteiger partial charge is 0.497 e. The van der Waals surface area contributed by atoms with Gasteiger partial charge in [0.2, 0.25) is 0 Å². The second-order valence-corrected chi connectivity index (χ2v) is 7.89. The third-order valence-corrected chi connectivity index (χ3v) is 4.62. The number of carbonyl (C=O) groups excluding carboxylic acids is 2. The summed E-state index contributed by atoms with van der Waals surface area (Å²) in [7, 11) is 1.63. The molecule has 0 aliphatic carbocycles. The Labute approximate surface area is 165 Å². The van der Waals surface area contributed by atoms with Gasteiger partial charge in [0.1, 0.15) is 11.4 Å². The zero-order chi connectivity index (χ0) is 20.5. The van der Waals surface area contributed by atoms with Gasteiger partial charge in [-0.15, -0.1) is 0 Å². The summed E-state index contributed by atoms with van der Waals surface area (Å²) in [6.07, 6.45) is -0.514. The number of benzene rings is 2. The average Bonchev–Trinajstić information content (AvgIpc) is 2.85. The Kier molecular flexibility index (Phi) is 5.31. The van der Waals surface area contributed by atoms with Crippen LogP contribution >= 0.6 is 0 Å². The molecular weight excluding hydrogens is 356 g/mol.